The molecule has 31 heavy (non-hydrogen) atoms. The summed E-state index contributed by atoms with van der Waals surface area (Å²) in [4.78, 5) is 40.3. The zero-order chi connectivity index (χ0) is 21.4. The van der Waals surface area contributed by atoms with Crippen LogP contribution in [0.25, 0.3) is 10.8 Å². The van der Waals surface area contributed by atoms with Crippen LogP contribution in [0.2, 0.25) is 0 Å². The normalized spacial score (nSPS) is 17.1. The van der Waals surface area contributed by atoms with Crippen molar-refractivity contribution in [3.63, 3.8) is 0 Å². The molecular formula is C27H18O4. The van der Waals surface area contributed by atoms with Gasteiger partial charge in [-0.2, -0.15) is 0 Å². The molecule has 0 aliphatic heterocycles. The molecule has 0 spiro atoms. The lowest BCUT2D eigenvalue weighted by atomic mass is 9.85. The van der Waals surface area contributed by atoms with Gasteiger partial charge in [-0.3, -0.25) is 14.4 Å². The first-order chi connectivity index (χ1) is 15.1. The van der Waals surface area contributed by atoms with Crippen molar-refractivity contribution >= 4 is 28.1 Å². The summed E-state index contributed by atoms with van der Waals surface area (Å²) >= 11 is 0. The summed E-state index contributed by atoms with van der Waals surface area (Å²) in [6.07, 6.45) is 0. The molecule has 0 radical (unpaired) electrons. The largest absolute Gasteiger partial charge is 0.346 e. The maximum atomic E-state index is 13.8. The smallest absolute Gasteiger partial charge is 0.220 e. The summed E-state index contributed by atoms with van der Waals surface area (Å²) in [7, 11) is 0. The minimum Gasteiger partial charge on any atom is -0.346 e. The van der Waals surface area contributed by atoms with Gasteiger partial charge in [-0.1, -0.05) is 97.1 Å². The van der Waals surface area contributed by atoms with E-state index in [1.165, 1.54) is 0 Å². The van der Waals surface area contributed by atoms with Gasteiger partial charge in [0.05, 0.1) is 0 Å². The number of carbonyl (C=O) groups excluding carboxylic acids is 3. The lowest BCUT2D eigenvalue weighted by Gasteiger charge is -2.28. The Bertz CT molecular complexity index is 1320. The Kier molecular flexibility index (Phi) is 4.57. The standard InChI is InChI=1S/C27H18O4/c28-23(18-9-3-1-4-10-18)17-31-27(25(29)20-11-5-2-6-12-20)22-16-8-14-19-13-7-15-21(24(19)22)26(27)30/h1-16H,17H2. The molecule has 1 unspecified atom stereocenters. The average molecular weight is 406 g/mol. The summed E-state index contributed by atoms with van der Waals surface area (Å²) in [5.74, 6) is -1.20. The van der Waals surface area contributed by atoms with Crippen LogP contribution in [-0.4, -0.2) is 24.0 Å². The highest BCUT2D eigenvalue weighted by Crippen LogP contribution is 2.45. The van der Waals surface area contributed by atoms with Crippen molar-refractivity contribution < 1.29 is 19.1 Å². The van der Waals surface area contributed by atoms with E-state index < -0.39 is 23.8 Å². The van der Waals surface area contributed by atoms with E-state index in [2.05, 4.69) is 0 Å². The quantitative estimate of drug-likeness (QED) is 0.333. The van der Waals surface area contributed by atoms with Gasteiger partial charge in [0.25, 0.3) is 0 Å². The Balaban J connectivity index is 1.65. The molecule has 1 aliphatic rings. The number of Topliss-reactive ketones (excluding diaryl/α,β-unsaturated/α-hetero) is 3. The van der Waals surface area contributed by atoms with Crippen molar-refractivity contribution in [1.82, 2.24) is 0 Å². The Hall–Kier alpha value is -3.89. The Morgan fingerprint density at radius 1 is 0.710 bits per heavy atom. The molecule has 0 amide bonds. The molecule has 0 heterocycles. The monoisotopic (exact) mass is 406 g/mol. The van der Waals surface area contributed by atoms with E-state index in [1.807, 2.05) is 18.2 Å². The van der Waals surface area contributed by atoms with Gasteiger partial charge in [0.15, 0.2) is 5.78 Å². The highest BCUT2D eigenvalue weighted by atomic mass is 16.5. The number of hydrogen-bond acceptors (Lipinski definition) is 4. The average Bonchev–Trinajstić information content (AvgIpc) is 3.08. The van der Waals surface area contributed by atoms with Crippen LogP contribution in [0.5, 0.6) is 0 Å². The molecule has 150 valence electrons. The van der Waals surface area contributed by atoms with Gasteiger partial charge in [-0.25, -0.2) is 0 Å². The summed E-state index contributed by atoms with van der Waals surface area (Å²) in [5.41, 5.74) is -0.154. The Morgan fingerprint density at radius 2 is 1.32 bits per heavy atom. The van der Waals surface area contributed by atoms with Crippen LogP contribution in [0.4, 0.5) is 0 Å². The first kappa shape index (κ1) is 19.1. The van der Waals surface area contributed by atoms with E-state index in [-0.39, 0.29) is 5.78 Å². The maximum Gasteiger partial charge on any atom is 0.220 e. The summed E-state index contributed by atoms with van der Waals surface area (Å²) in [6.45, 7) is -0.390. The lowest BCUT2D eigenvalue weighted by Crippen LogP contribution is -2.44. The van der Waals surface area contributed by atoms with E-state index in [0.717, 1.165) is 5.39 Å². The third-order valence-corrected chi connectivity index (χ3v) is 5.72. The van der Waals surface area contributed by atoms with E-state index in [9.17, 15) is 14.4 Å². The van der Waals surface area contributed by atoms with Crippen LogP contribution in [-0.2, 0) is 10.3 Å². The molecule has 1 atom stereocenters. The fourth-order valence-corrected chi connectivity index (χ4v) is 4.24. The van der Waals surface area contributed by atoms with Crippen molar-refractivity contribution in [1.29, 1.82) is 0 Å². The maximum absolute atomic E-state index is 13.8. The van der Waals surface area contributed by atoms with Crippen LogP contribution >= 0.6 is 0 Å². The third kappa shape index (κ3) is 2.92. The van der Waals surface area contributed by atoms with Gasteiger partial charge in [0.2, 0.25) is 17.2 Å². The second-order valence-corrected chi connectivity index (χ2v) is 7.49. The molecule has 0 fully saturated rings. The molecule has 4 aromatic carbocycles. The van der Waals surface area contributed by atoms with Gasteiger partial charge in [-0.15, -0.1) is 0 Å². The summed E-state index contributed by atoms with van der Waals surface area (Å²) in [6, 6.07) is 28.1. The topological polar surface area (TPSA) is 60.4 Å². The van der Waals surface area contributed by atoms with E-state index in [1.54, 1.807) is 78.9 Å². The number of ether oxygens (including phenoxy) is 1. The Morgan fingerprint density at radius 3 is 2.00 bits per heavy atom. The van der Waals surface area contributed by atoms with E-state index in [4.69, 9.17) is 4.74 Å². The minimum absolute atomic E-state index is 0.295. The van der Waals surface area contributed by atoms with Gasteiger partial charge in [-0.05, 0) is 10.8 Å². The molecule has 0 bridgehead atoms. The fraction of sp³-hybridized carbons (Fsp3) is 0.0741. The second-order valence-electron chi connectivity index (χ2n) is 7.49. The zero-order valence-corrected chi connectivity index (χ0v) is 16.6. The molecule has 0 N–H and O–H groups in total. The van der Waals surface area contributed by atoms with Crippen LogP contribution in [0.1, 0.15) is 36.6 Å². The molecule has 1 aliphatic carbocycles. The zero-order valence-electron chi connectivity index (χ0n) is 16.6. The molecule has 4 heteroatoms. The van der Waals surface area contributed by atoms with Crippen LogP contribution in [0.15, 0.2) is 97.1 Å². The third-order valence-electron chi connectivity index (χ3n) is 5.72. The number of rotatable bonds is 6. The van der Waals surface area contributed by atoms with Crippen molar-refractivity contribution in [2.45, 2.75) is 5.60 Å². The van der Waals surface area contributed by atoms with Crippen molar-refractivity contribution in [3.05, 3.63) is 119 Å². The van der Waals surface area contributed by atoms with Crippen LogP contribution in [0, 0.1) is 0 Å². The highest BCUT2D eigenvalue weighted by Gasteiger charge is 2.54. The number of benzene rings is 4. The van der Waals surface area contributed by atoms with Crippen molar-refractivity contribution in [2.24, 2.45) is 0 Å². The van der Waals surface area contributed by atoms with E-state index in [0.29, 0.717) is 27.6 Å². The van der Waals surface area contributed by atoms with Gasteiger partial charge < -0.3 is 4.74 Å². The highest BCUT2D eigenvalue weighted by molar-refractivity contribution is 6.31. The number of hydrogen-bond donors (Lipinski definition) is 0. The van der Waals surface area contributed by atoms with Crippen molar-refractivity contribution in [3.8, 4) is 0 Å². The number of ketones is 3. The first-order valence-electron chi connectivity index (χ1n) is 10.0. The molecule has 4 nitrogen and oxygen atoms in total. The van der Waals surface area contributed by atoms with Crippen LogP contribution in [0.3, 0.4) is 0 Å². The van der Waals surface area contributed by atoms with Gasteiger partial charge in [0, 0.05) is 22.3 Å². The van der Waals surface area contributed by atoms with Gasteiger partial charge in [0.1, 0.15) is 6.61 Å². The fourth-order valence-electron chi connectivity index (χ4n) is 4.24. The second kappa shape index (κ2) is 7.42. The molecule has 0 aromatic heterocycles. The Labute approximate surface area is 179 Å². The van der Waals surface area contributed by atoms with Crippen molar-refractivity contribution in [2.75, 3.05) is 6.61 Å². The predicted octanol–water partition coefficient (Wildman–Crippen LogP) is 5.01. The molecule has 4 aromatic rings. The minimum atomic E-state index is -1.89. The van der Waals surface area contributed by atoms with E-state index >= 15 is 0 Å². The lowest BCUT2D eigenvalue weighted by molar-refractivity contribution is -0.00834. The number of carbonyl (C=O) groups is 3. The molecule has 0 saturated heterocycles. The van der Waals surface area contributed by atoms with Gasteiger partial charge >= 0.3 is 0 Å². The first-order valence-corrected chi connectivity index (χ1v) is 10.0. The predicted molar refractivity (Wildman–Crippen MR) is 117 cm³/mol. The summed E-state index contributed by atoms with van der Waals surface area (Å²) in [5, 5.41) is 1.55. The summed E-state index contributed by atoms with van der Waals surface area (Å²) < 4.78 is 6.06. The molecule has 5 rings (SSSR count). The van der Waals surface area contributed by atoms with Crippen LogP contribution < -0.4 is 0 Å². The molecular weight excluding hydrogens is 388 g/mol. The SMILES string of the molecule is O=C(COC1(C(=O)c2ccccc2)C(=O)c2cccc3cccc1c23)c1ccccc1. The molecule has 0 saturated carbocycles.